The largest absolute Gasteiger partial charge is 0.444 e. The second-order valence-electron chi connectivity index (χ2n) is 8.83. The summed E-state index contributed by atoms with van der Waals surface area (Å²) in [5.74, 6) is -3.83. The monoisotopic (exact) mass is 430 g/mol. The molecular weight excluding hydrogens is 401 g/mol. The van der Waals surface area contributed by atoms with Gasteiger partial charge in [-0.2, -0.15) is 0 Å². The molecule has 9 heteroatoms. The van der Waals surface area contributed by atoms with Crippen LogP contribution in [0.5, 0.6) is 0 Å². The van der Waals surface area contributed by atoms with Crippen LogP contribution in [0.1, 0.15) is 52.5 Å². The number of benzene rings is 1. The van der Waals surface area contributed by atoms with Gasteiger partial charge in [-0.3, -0.25) is 4.79 Å². The van der Waals surface area contributed by atoms with Crippen LogP contribution < -0.4 is 10.6 Å². The SMILES string of the molecule is CC1(NC(=O)C[C@@H](Cc2cc(F)c(F)cc2F)NC(=O)OC(C)(C)C)CCOCC1. The first kappa shape index (κ1) is 24.0. The van der Waals surface area contributed by atoms with Crippen LogP contribution in [0.4, 0.5) is 18.0 Å². The molecule has 6 nitrogen and oxygen atoms in total. The van der Waals surface area contributed by atoms with Gasteiger partial charge < -0.3 is 20.1 Å². The maximum Gasteiger partial charge on any atom is 0.407 e. The van der Waals surface area contributed by atoms with Gasteiger partial charge >= 0.3 is 6.09 Å². The van der Waals surface area contributed by atoms with E-state index < -0.39 is 40.7 Å². The fourth-order valence-electron chi connectivity index (χ4n) is 3.19. The van der Waals surface area contributed by atoms with Crippen molar-refractivity contribution in [1.29, 1.82) is 0 Å². The number of amides is 2. The number of rotatable bonds is 6. The molecule has 1 heterocycles. The van der Waals surface area contributed by atoms with Crippen LogP contribution in [0.25, 0.3) is 0 Å². The molecule has 1 fully saturated rings. The molecule has 0 unspecified atom stereocenters. The number of halogens is 3. The molecule has 1 aliphatic rings. The third-order valence-electron chi connectivity index (χ3n) is 4.75. The lowest BCUT2D eigenvalue weighted by atomic mass is 9.92. The Morgan fingerprint density at radius 2 is 1.73 bits per heavy atom. The second-order valence-corrected chi connectivity index (χ2v) is 8.83. The highest BCUT2D eigenvalue weighted by Gasteiger charge is 2.30. The summed E-state index contributed by atoms with van der Waals surface area (Å²) in [4.78, 5) is 24.8. The Morgan fingerprint density at radius 3 is 2.33 bits per heavy atom. The van der Waals surface area contributed by atoms with Crippen molar-refractivity contribution in [1.82, 2.24) is 10.6 Å². The summed E-state index contributed by atoms with van der Waals surface area (Å²) in [7, 11) is 0. The van der Waals surface area contributed by atoms with Crippen molar-refractivity contribution in [2.24, 2.45) is 0 Å². The molecule has 0 radical (unpaired) electrons. The normalized spacial score (nSPS) is 17.2. The first-order valence-electron chi connectivity index (χ1n) is 9.88. The van der Waals surface area contributed by atoms with E-state index in [1.165, 1.54) is 0 Å². The van der Waals surface area contributed by atoms with Crippen molar-refractivity contribution in [3.8, 4) is 0 Å². The summed E-state index contributed by atoms with van der Waals surface area (Å²) < 4.78 is 51.4. The summed E-state index contributed by atoms with van der Waals surface area (Å²) in [6.45, 7) is 7.98. The molecule has 2 N–H and O–H groups in total. The summed E-state index contributed by atoms with van der Waals surface area (Å²) in [6, 6.07) is 0.285. The van der Waals surface area contributed by atoms with Gasteiger partial charge in [0.25, 0.3) is 0 Å². The number of nitrogens with one attached hydrogen (secondary N) is 2. The molecule has 1 aromatic rings. The zero-order valence-electron chi connectivity index (χ0n) is 17.7. The molecule has 2 rings (SSSR count). The van der Waals surface area contributed by atoms with Gasteiger partial charge in [0.1, 0.15) is 11.4 Å². The highest BCUT2D eigenvalue weighted by Crippen LogP contribution is 2.21. The van der Waals surface area contributed by atoms with Gasteiger partial charge in [0.05, 0.1) is 0 Å². The molecule has 1 atom stereocenters. The molecule has 0 spiro atoms. The maximum atomic E-state index is 14.1. The number of carbonyl (C=O) groups is 2. The Labute approximate surface area is 174 Å². The van der Waals surface area contributed by atoms with Gasteiger partial charge in [0.2, 0.25) is 5.91 Å². The zero-order chi connectivity index (χ0) is 22.5. The van der Waals surface area contributed by atoms with Crippen molar-refractivity contribution in [2.75, 3.05) is 13.2 Å². The fraction of sp³-hybridized carbons (Fsp3) is 0.619. The molecule has 0 saturated carbocycles. The van der Waals surface area contributed by atoms with Gasteiger partial charge in [-0.05, 0) is 58.6 Å². The summed E-state index contributed by atoms with van der Waals surface area (Å²) >= 11 is 0. The Bertz CT molecular complexity index is 774. The van der Waals surface area contributed by atoms with Gasteiger partial charge in [0.15, 0.2) is 11.6 Å². The van der Waals surface area contributed by atoms with Crippen molar-refractivity contribution in [3.63, 3.8) is 0 Å². The Morgan fingerprint density at radius 1 is 1.13 bits per heavy atom. The number of ether oxygens (including phenoxy) is 2. The number of hydrogen-bond acceptors (Lipinski definition) is 4. The van der Waals surface area contributed by atoms with E-state index in [1.54, 1.807) is 20.8 Å². The van der Waals surface area contributed by atoms with E-state index in [0.717, 1.165) is 6.07 Å². The zero-order valence-corrected chi connectivity index (χ0v) is 17.7. The molecule has 0 aliphatic carbocycles. The summed E-state index contributed by atoms with van der Waals surface area (Å²) in [6.07, 6.45) is 0.0889. The minimum Gasteiger partial charge on any atom is -0.444 e. The summed E-state index contributed by atoms with van der Waals surface area (Å²) in [5, 5.41) is 5.46. The Hall–Kier alpha value is -2.29. The van der Waals surface area contributed by atoms with E-state index >= 15 is 0 Å². The molecule has 0 bridgehead atoms. The molecule has 168 valence electrons. The van der Waals surface area contributed by atoms with Gasteiger partial charge in [-0.15, -0.1) is 0 Å². The third kappa shape index (κ3) is 7.51. The molecule has 0 aromatic heterocycles. The predicted octanol–water partition coefficient (Wildman–Crippen LogP) is 3.62. The Kier molecular flexibility index (Phi) is 7.74. The van der Waals surface area contributed by atoms with E-state index in [0.29, 0.717) is 32.1 Å². The lowest BCUT2D eigenvalue weighted by molar-refractivity contribution is -0.124. The topological polar surface area (TPSA) is 76.7 Å². The first-order chi connectivity index (χ1) is 13.9. The predicted molar refractivity (Wildman–Crippen MR) is 104 cm³/mol. The first-order valence-corrected chi connectivity index (χ1v) is 9.88. The van der Waals surface area contributed by atoms with Crippen molar-refractivity contribution in [2.45, 2.75) is 70.6 Å². The van der Waals surface area contributed by atoms with Crippen LogP contribution in [0.3, 0.4) is 0 Å². The van der Waals surface area contributed by atoms with E-state index in [9.17, 15) is 22.8 Å². The average Bonchev–Trinajstić information content (AvgIpc) is 2.57. The Balaban J connectivity index is 2.13. The van der Waals surface area contributed by atoms with Crippen LogP contribution in [0.2, 0.25) is 0 Å². The lowest BCUT2D eigenvalue weighted by Gasteiger charge is -2.35. The standard InChI is InChI=1S/C21H29F3N2O4/c1-20(2,3)30-19(28)25-14(9-13-10-16(23)17(24)12-15(13)22)11-18(27)26-21(4)5-7-29-8-6-21/h10,12,14H,5-9,11H2,1-4H3,(H,25,28)(H,26,27)/t14-/m1/s1. The molecule has 1 aliphatic heterocycles. The molecule has 2 amide bonds. The van der Waals surface area contributed by atoms with E-state index in [1.807, 2.05) is 6.92 Å². The molecule has 30 heavy (non-hydrogen) atoms. The van der Waals surface area contributed by atoms with Crippen molar-refractivity contribution in [3.05, 3.63) is 35.1 Å². The number of hydrogen-bond donors (Lipinski definition) is 2. The van der Waals surface area contributed by atoms with Gasteiger partial charge in [-0.1, -0.05) is 0 Å². The fourth-order valence-corrected chi connectivity index (χ4v) is 3.19. The van der Waals surface area contributed by atoms with Crippen molar-refractivity contribution >= 4 is 12.0 Å². The van der Waals surface area contributed by atoms with Gasteiger partial charge in [0, 0.05) is 37.3 Å². The smallest absolute Gasteiger partial charge is 0.407 e. The van der Waals surface area contributed by atoms with E-state index in [2.05, 4.69) is 10.6 Å². The molecular formula is C21H29F3N2O4. The second kappa shape index (κ2) is 9.68. The highest BCUT2D eigenvalue weighted by molar-refractivity contribution is 5.78. The molecule has 1 saturated heterocycles. The maximum absolute atomic E-state index is 14.1. The van der Waals surface area contributed by atoms with Crippen LogP contribution in [0, 0.1) is 17.5 Å². The molecule has 1 aromatic carbocycles. The minimum absolute atomic E-state index is 0.153. The van der Waals surface area contributed by atoms with E-state index in [-0.39, 0.29) is 24.3 Å². The van der Waals surface area contributed by atoms with Crippen LogP contribution in [-0.2, 0) is 20.7 Å². The van der Waals surface area contributed by atoms with E-state index in [4.69, 9.17) is 9.47 Å². The van der Waals surface area contributed by atoms with Gasteiger partial charge in [-0.25, -0.2) is 18.0 Å². The highest BCUT2D eigenvalue weighted by atomic mass is 19.2. The van der Waals surface area contributed by atoms with Crippen LogP contribution >= 0.6 is 0 Å². The minimum atomic E-state index is -1.31. The third-order valence-corrected chi connectivity index (χ3v) is 4.75. The average molecular weight is 430 g/mol. The van der Waals surface area contributed by atoms with Crippen molar-refractivity contribution < 1.29 is 32.2 Å². The number of carbonyl (C=O) groups excluding carboxylic acids is 2. The quantitative estimate of drug-likeness (QED) is 0.676. The summed E-state index contributed by atoms with van der Waals surface area (Å²) in [5.41, 5.74) is -1.38. The lowest BCUT2D eigenvalue weighted by Crippen LogP contribution is -2.51. The van der Waals surface area contributed by atoms with Crippen LogP contribution in [-0.4, -0.2) is 42.4 Å². The number of alkyl carbamates (subject to hydrolysis) is 1. The van der Waals surface area contributed by atoms with Crippen LogP contribution in [0.15, 0.2) is 12.1 Å².